The zero-order valence-corrected chi connectivity index (χ0v) is 25.4. The van der Waals surface area contributed by atoms with Crippen LogP contribution in [0.15, 0.2) is 173 Å². The van der Waals surface area contributed by atoms with Crippen molar-refractivity contribution < 1.29 is 8.83 Å². The molecule has 0 bridgehead atoms. The summed E-state index contributed by atoms with van der Waals surface area (Å²) in [5.74, 6) is 0. The van der Waals surface area contributed by atoms with E-state index in [9.17, 15) is 0 Å². The van der Waals surface area contributed by atoms with Crippen molar-refractivity contribution in [2.75, 3.05) is 4.90 Å². The van der Waals surface area contributed by atoms with Crippen molar-refractivity contribution in [1.29, 1.82) is 0 Å². The minimum atomic E-state index is 0.904. The van der Waals surface area contributed by atoms with E-state index in [0.717, 1.165) is 77.5 Å². The second kappa shape index (κ2) is 10.1. The van der Waals surface area contributed by atoms with Gasteiger partial charge in [0.15, 0.2) is 0 Å². The van der Waals surface area contributed by atoms with Crippen molar-refractivity contribution in [3.8, 4) is 11.1 Å². The molecule has 2 heterocycles. The maximum Gasteiger partial charge on any atom is 0.136 e. The molecule has 0 aliphatic heterocycles. The zero-order valence-electron chi connectivity index (χ0n) is 25.4. The molecule has 8 aromatic carbocycles. The monoisotopic (exact) mass is 601 g/mol. The lowest BCUT2D eigenvalue weighted by Gasteiger charge is -2.26. The highest BCUT2D eigenvalue weighted by Gasteiger charge is 2.16. The van der Waals surface area contributed by atoms with Gasteiger partial charge < -0.3 is 13.7 Å². The first-order valence-electron chi connectivity index (χ1n) is 15.9. The Labute approximate surface area is 270 Å². The summed E-state index contributed by atoms with van der Waals surface area (Å²) in [4.78, 5) is 2.35. The van der Waals surface area contributed by atoms with Crippen LogP contribution in [-0.4, -0.2) is 0 Å². The van der Waals surface area contributed by atoms with Crippen LogP contribution in [0.5, 0.6) is 0 Å². The first-order valence-corrected chi connectivity index (χ1v) is 15.9. The Morgan fingerprint density at radius 1 is 0.298 bits per heavy atom. The molecule has 3 nitrogen and oxygen atoms in total. The van der Waals surface area contributed by atoms with E-state index in [-0.39, 0.29) is 0 Å². The second-order valence-electron chi connectivity index (χ2n) is 12.2. The first kappa shape index (κ1) is 26.0. The number of anilines is 3. The van der Waals surface area contributed by atoms with E-state index >= 15 is 0 Å². The summed E-state index contributed by atoms with van der Waals surface area (Å²) in [6.45, 7) is 0. The standard InChI is InChI=1S/C44H27NO2/c1-2-10-32(11-3-1)45(33-12-8-9-29(23-33)30-20-22-43-39(24-30)35-13-4-6-15-41(35)46-43)34-21-19-28-17-18-31-25-44-40(27-38(31)37(28)26-34)36-14-5-7-16-42(36)47-44/h1-27H. The third kappa shape index (κ3) is 4.14. The van der Waals surface area contributed by atoms with Crippen LogP contribution in [-0.2, 0) is 0 Å². The van der Waals surface area contributed by atoms with Gasteiger partial charge in [-0.15, -0.1) is 0 Å². The third-order valence-corrected chi connectivity index (χ3v) is 9.41. The number of nitrogens with zero attached hydrogens (tertiary/aromatic N) is 1. The van der Waals surface area contributed by atoms with E-state index in [1.807, 2.05) is 24.3 Å². The van der Waals surface area contributed by atoms with Gasteiger partial charge in [0, 0.05) is 38.6 Å². The molecule has 0 saturated carbocycles. The van der Waals surface area contributed by atoms with Crippen molar-refractivity contribution >= 4 is 82.5 Å². The lowest BCUT2D eigenvalue weighted by Crippen LogP contribution is -2.09. The van der Waals surface area contributed by atoms with Crippen LogP contribution in [0.1, 0.15) is 0 Å². The molecule has 3 heteroatoms. The number of hydrogen-bond acceptors (Lipinski definition) is 3. The fourth-order valence-corrected chi connectivity index (χ4v) is 7.15. The molecule has 0 N–H and O–H groups in total. The van der Waals surface area contributed by atoms with Crippen LogP contribution in [0.25, 0.3) is 76.5 Å². The molecule has 0 aliphatic rings. The van der Waals surface area contributed by atoms with Gasteiger partial charge in [-0.3, -0.25) is 0 Å². The van der Waals surface area contributed by atoms with Gasteiger partial charge in [-0.25, -0.2) is 0 Å². The van der Waals surface area contributed by atoms with Crippen LogP contribution in [0.2, 0.25) is 0 Å². The van der Waals surface area contributed by atoms with Gasteiger partial charge in [0.1, 0.15) is 22.3 Å². The second-order valence-corrected chi connectivity index (χ2v) is 12.2. The van der Waals surface area contributed by atoms with Crippen molar-refractivity contribution in [2.45, 2.75) is 0 Å². The molecule has 2 aromatic heterocycles. The first-order chi connectivity index (χ1) is 23.3. The molecule has 47 heavy (non-hydrogen) atoms. The largest absolute Gasteiger partial charge is 0.456 e. The van der Waals surface area contributed by atoms with Crippen LogP contribution < -0.4 is 4.90 Å². The minimum absolute atomic E-state index is 0.904. The Bertz CT molecular complexity index is 2810. The average Bonchev–Trinajstić information content (AvgIpc) is 3.69. The van der Waals surface area contributed by atoms with E-state index in [0.29, 0.717) is 0 Å². The van der Waals surface area contributed by atoms with Gasteiger partial charge in [0.2, 0.25) is 0 Å². The predicted molar refractivity (Wildman–Crippen MR) is 196 cm³/mol. The predicted octanol–water partition coefficient (Wildman–Crippen LogP) is 12.9. The molecule has 10 rings (SSSR count). The lowest BCUT2D eigenvalue weighted by atomic mass is 9.98. The summed E-state index contributed by atoms with van der Waals surface area (Å²) in [6.07, 6.45) is 0. The van der Waals surface area contributed by atoms with Gasteiger partial charge >= 0.3 is 0 Å². The molecule has 0 amide bonds. The van der Waals surface area contributed by atoms with Crippen molar-refractivity contribution in [3.63, 3.8) is 0 Å². The highest BCUT2D eigenvalue weighted by Crippen LogP contribution is 2.41. The quantitative estimate of drug-likeness (QED) is 0.188. The van der Waals surface area contributed by atoms with Crippen LogP contribution in [0, 0.1) is 0 Å². The molecule has 220 valence electrons. The fourth-order valence-electron chi connectivity index (χ4n) is 7.15. The van der Waals surface area contributed by atoms with E-state index in [1.165, 1.54) is 16.2 Å². The number of rotatable bonds is 4. The molecule has 0 fully saturated rings. The summed E-state index contributed by atoms with van der Waals surface area (Å²) in [6, 6.07) is 58.1. The van der Waals surface area contributed by atoms with Gasteiger partial charge in [-0.1, -0.05) is 91.0 Å². The number of para-hydroxylation sites is 3. The Hall–Kier alpha value is -6.32. The summed E-state index contributed by atoms with van der Waals surface area (Å²) in [5.41, 5.74) is 9.24. The SMILES string of the molecule is c1ccc(N(c2cccc(-c3ccc4oc5ccccc5c4c3)c2)c2ccc3ccc4cc5oc6ccccc6c5cc4c3c2)cc1. The normalized spacial score (nSPS) is 11.8. The Morgan fingerprint density at radius 2 is 0.894 bits per heavy atom. The topological polar surface area (TPSA) is 29.5 Å². The number of fused-ring (bicyclic) bond motifs is 9. The van der Waals surface area contributed by atoms with E-state index in [2.05, 4.69) is 144 Å². The van der Waals surface area contributed by atoms with Gasteiger partial charge in [0.05, 0.1) is 0 Å². The Morgan fingerprint density at radius 3 is 1.72 bits per heavy atom. The molecule has 0 spiro atoms. The van der Waals surface area contributed by atoms with Gasteiger partial charge in [0.25, 0.3) is 0 Å². The Balaban J connectivity index is 1.15. The lowest BCUT2D eigenvalue weighted by molar-refractivity contribution is 0.669. The Kier molecular flexibility index (Phi) is 5.57. The van der Waals surface area contributed by atoms with E-state index in [1.54, 1.807) is 0 Å². The molecule has 0 radical (unpaired) electrons. The van der Waals surface area contributed by atoms with Crippen LogP contribution in [0.3, 0.4) is 0 Å². The molecule has 0 saturated heterocycles. The molecular weight excluding hydrogens is 574 g/mol. The smallest absolute Gasteiger partial charge is 0.136 e. The summed E-state index contributed by atoms with van der Waals surface area (Å²) in [7, 11) is 0. The van der Waals surface area contributed by atoms with E-state index in [4.69, 9.17) is 8.83 Å². The molecule has 0 atom stereocenters. The molecule has 0 aliphatic carbocycles. The van der Waals surface area contributed by atoms with Gasteiger partial charge in [-0.2, -0.15) is 0 Å². The number of furan rings is 2. The number of hydrogen-bond donors (Lipinski definition) is 0. The molecular formula is C44H27NO2. The van der Waals surface area contributed by atoms with Crippen LogP contribution in [0.4, 0.5) is 17.1 Å². The number of benzene rings is 8. The summed E-state index contributed by atoms with van der Waals surface area (Å²) >= 11 is 0. The van der Waals surface area contributed by atoms with Crippen molar-refractivity contribution in [2.24, 2.45) is 0 Å². The maximum atomic E-state index is 6.22. The summed E-state index contributed by atoms with van der Waals surface area (Å²) < 4.78 is 12.3. The third-order valence-electron chi connectivity index (χ3n) is 9.41. The van der Waals surface area contributed by atoms with E-state index < -0.39 is 0 Å². The highest BCUT2D eigenvalue weighted by atomic mass is 16.3. The highest BCUT2D eigenvalue weighted by molar-refractivity contribution is 6.17. The maximum absolute atomic E-state index is 6.22. The zero-order chi connectivity index (χ0) is 30.9. The van der Waals surface area contributed by atoms with Gasteiger partial charge in [-0.05, 0) is 105 Å². The molecule has 10 aromatic rings. The van der Waals surface area contributed by atoms with Crippen LogP contribution >= 0.6 is 0 Å². The minimum Gasteiger partial charge on any atom is -0.456 e. The van der Waals surface area contributed by atoms with Crippen molar-refractivity contribution in [3.05, 3.63) is 164 Å². The summed E-state index contributed by atoms with van der Waals surface area (Å²) in [5, 5.41) is 9.34. The fraction of sp³-hybridized carbons (Fsp3) is 0. The average molecular weight is 602 g/mol. The molecule has 0 unspecified atom stereocenters. The van der Waals surface area contributed by atoms with Crippen molar-refractivity contribution in [1.82, 2.24) is 0 Å².